The van der Waals surface area contributed by atoms with Gasteiger partial charge in [0.25, 0.3) is 11.8 Å². The largest absolute Gasteiger partial charge is 0.508 e. The fourth-order valence-electron chi connectivity index (χ4n) is 4.55. The first-order chi connectivity index (χ1) is 23.6. The van der Waals surface area contributed by atoms with Crippen molar-refractivity contribution in [3.8, 4) is 22.8 Å². The summed E-state index contributed by atoms with van der Waals surface area (Å²) in [6.45, 7) is 1.91. The van der Waals surface area contributed by atoms with E-state index in [0.29, 0.717) is 49.9 Å². The maximum atomic E-state index is 13.6. The molecule has 0 aliphatic heterocycles. The SMILES string of the molecule is CCC(Sc1cccc(NC(=O)/C(=C\c2ccc(O)cc2OC)NC(=O)c2ccccc2)c1)C(=O)Nc1nc(-c2ccc(Cl)c(Cl)c2)cs1. The molecule has 0 fully saturated rings. The normalized spacial score (nSPS) is 11.8. The summed E-state index contributed by atoms with van der Waals surface area (Å²) in [6, 6.07) is 25.2. The van der Waals surface area contributed by atoms with Crippen molar-refractivity contribution < 1.29 is 24.2 Å². The standard InChI is InChI=1S/C36H30Cl2N4O5S2/c1-3-32(35(46)42-36-41-30(20-48-36)22-13-15-27(37)28(38)16-22)49-26-11-7-10-24(18-26)39-34(45)29(40-33(44)21-8-5-4-6-9-21)17-23-12-14-25(43)19-31(23)47-2/h4-20,32,43H,3H2,1-2H3,(H,39,45)(H,40,44)(H,41,42,46)/b29-17+. The number of carbonyl (C=O) groups is 3. The fraction of sp³-hybridized carbons (Fsp3) is 0.111. The molecule has 13 heteroatoms. The summed E-state index contributed by atoms with van der Waals surface area (Å²) >= 11 is 14.8. The Morgan fingerprint density at radius 1 is 0.959 bits per heavy atom. The van der Waals surface area contributed by atoms with Crippen LogP contribution < -0.4 is 20.7 Å². The second-order valence-corrected chi connectivity index (χ2v) is 13.4. The highest BCUT2D eigenvalue weighted by Crippen LogP contribution is 2.33. The molecule has 250 valence electrons. The lowest BCUT2D eigenvalue weighted by atomic mass is 10.1. The van der Waals surface area contributed by atoms with Crippen LogP contribution in [0.5, 0.6) is 11.5 Å². The van der Waals surface area contributed by atoms with E-state index < -0.39 is 17.1 Å². The predicted molar refractivity (Wildman–Crippen MR) is 198 cm³/mol. The zero-order chi connectivity index (χ0) is 34.9. The average Bonchev–Trinajstić information content (AvgIpc) is 3.57. The second-order valence-electron chi connectivity index (χ2n) is 10.5. The Labute approximate surface area is 301 Å². The quantitative estimate of drug-likeness (QED) is 0.0746. The number of aromatic hydroxyl groups is 1. The number of nitrogens with zero attached hydrogens (tertiary/aromatic N) is 1. The molecular formula is C36H30Cl2N4O5S2. The van der Waals surface area contributed by atoms with E-state index in [0.717, 1.165) is 10.5 Å². The number of benzene rings is 4. The first-order valence-corrected chi connectivity index (χ1v) is 17.4. The minimum Gasteiger partial charge on any atom is -0.508 e. The number of nitrogens with one attached hydrogen (secondary N) is 3. The van der Waals surface area contributed by atoms with E-state index in [2.05, 4.69) is 20.9 Å². The van der Waals surface area contributed by atoms with Gasteiger partial charge in [0.05, 0.1) is 28.1 Å². The Hall–Kier alpha value is -4.81. The van der Waals surface area contributed by atoms with Gasteiger partial charge in [0.2, 0.25) is 5.91 Å². The van der Waals surface area contributed by atoms with Gasteiger partial charge in [-0.1, -0.05) is 60.5 Å². The Morgan fingerprint density at radius 3 is 2.49 bits per heavy atom. The highest BCUT2D eigenvalue weighted by Gasteiger charge is 2.21. The van der Waals surface area contributed by atoms with E-state index in [4.69, 9.17) is 27.9 Å². The lowest BCUT2D eigenvalue weighted by molar-refractivity contribution is -0.116. The van der Waals surface area contributed by atoms with Gasteiger partial charge in [-0.15, -0.1) is 23.1 Å². The number of phenolic OH excluding ortho intramolecular Hbond substituents is 1. The van der Waals surface area contributed by atoms with Crippen LogP contribution in [0.3, 0.4) is 0 Å². The molecule has 0 saturated heterocycles. The van der Waals surface area contributed by atoms with Crippen LogP contribution in [0.4, 0.5) is 10.8 Å². The average molecular weight is 734 g/mol. The number of carbonyl (C=O) groups excluding carboxylic acids is 3. The minimum absolute atomic E-state index is 0.0126. The van der Waals surface area contributed by atoms with Gasteiger partial charge in [0.15, 0.2) is 5.13 Å². The number of amides is 3. The third kappa shape index (κ3) is 9.42. The number of methoxy groups -OCH3 is 1. The summed E-state index contributed by atoms with van der Waals surface area (Å²) in [5, 5.41) is 21.0. The fourth-order valence-corrected chi connectivity index (χ4v) is 6.59. The van der Waals surface area contributed by atoms with E-state index in [1.165, 1.54) is 48.4 Å². The minimum atomic E-state index is -0.590. The van der Waals surface area contributed by atoms with Crippen LogP contribution in [-0.2, 0) is 9.59 Å². The van der Waals surface area contributed by atoms with E-state index in [-0.39, 0.29) is 17.4 Å². The molecule has 4 aromatic carbocycles. The third-order valence-electron chi connectivity index (χ3n) is 7.03. The molecule has 0 radical (unpaired) electrons. The molecule has 0 aliphatic carbocycles. The molecule has 1 unspecified atom stereocenters. The van der Waals surface area contributed by atoms with Gasteiger partial charge in [-0.25, -0.2) is 4.98 Å². The molecule has 1 heterocycles. The van der Waals surface area contributed by atoms with E-state index >= 15 is 0 Å². The lowest BCUT2D eigenvalue weighted by Crippen LogP contribution is -2.30. The number of halogens is 2. The molecular weight excluding hydrogens is 703 g/mol. The summed E-state index contributed by atoms with van der Waals surface area (Å²) in [7, 11) is 1.44. The number of phenols is 1. The van der Waals surface area contributed by atoms with Crippen LogP contribution in [-0.4, -0.2) is 40.2 Å². The molecule has 0 spiro atoms. The second kappa shape index (κ2) is 16.5. The zero-order valence-corrected chi connectivity index (χ0v) is 29.3. The summed E-state index contributed by atoms with van der Waals surface area (Å²) in [4.78, 5) is 45.2. The van der Waals surface area contributed by atoms with Crippen molar-refractivity contribution in [2.45, 2.75) is 23.5 Å². The monoisotopic (exact) mass is 732 g/mol. The number of ether oxygens (including phenoxy) is 1. The van der Waals surface area contributed by atoms with Gasteiger partial charge in [-0.2, -0.15) is 0 Å². The van der Waals surface area contributed by atoms with Crippen molar-refractivity contribution in [1.29, 1.82) is 0 Å². The maximum absolute atomic E-state index is 13.6. The summed E-state index contributed by atoms with van der Waals surface area (Å²) in [5.74, 6) is -0.988. The highest BCUT2D eigenvalue weighted by atomic mass is 35.5. The molecule has 3 amide bonds. The zero-order valence-electron chi connectivity index (χ0n) is 26.2. The van der Waals surface area contributed by atoms with Crippen molar-refractivity contribution in [1.82, 2.24) is 10.3 Å². The molecule has 9 nitrogen and oxygen atoms in total. The van der Waals surface area contributed by atoms with Crippen LogP contribution in [0.2, 0.25) is 10.0 Å². The molecule has 5 aromatic rings. The molecule has 0 bridgehead atoms. The summed E-state index contributed by atoms with van der Waals surface area (Å²) in [5.41, 5.74) is 2.68. The van der Waals surface area contributed by atoms with E-state index in [1.54, 1.807) is 66.7 Å². The molecule has 5 rings (SSSR count). The van der Waals surface area contributed by atoms with Gasteiger partial charge in [0, 0.05) is 38.7 Å². The van der Waals surface area contributed by atoms with Gasteiger partial charge in [0.1, 0.15) is 17.2 Å². The first kappa shape index (κ1) is 35.5. The van der Waals surface area contributed by atoms with Gasteiger partial charge in [-0.05, 0) is 67.1 Å². The smallest absolute Gasteiger partial charge is 0.272 e. The Kier molecular flexibility index (Phi) is 12.0. The Morgan fingerprint density at radius 2 is 1.76 bits per heavy atom. The Balaban J connectivity index is 1.30. The first-order valence-electron chi connectivity index (χ1n) is 14.9. The maximum Gasteiger partial charge on any atom is 0.272 e. The number of hydrogen-bond acceptors (Lipinski definition) is 8. The van der Waals surface area contributed by atoms with Crippen molar-refractivity contribution in [2.24, 2.45) is 0 Å². The number of aromatic nitrogens is 1. The van der Waals surface area contributed by atoms with E-state index in [1.807, 2.05) is 24.4 Å². The van der Waals surface area contributed by atoms with Crippen LogP contribution in [0.25, 0.3) is 17.3 Å². The third-order valence-corrected chi connectivity index (χ3v) is 9.88. The summed E-state index contributed by atoms with van der Waals surface area (Å²) < 4.78 is 5.37. The lowest BCUT2D eigenvalue weighted by Gasteiger charge is -2.15. The molecule has 1 atom stereocenters. The number of anilines is 2. The van der Waals surface area contributed by atoms with Gasteiger partial charge >= 0.3 is 0 Å². The Bertz CT molecular complexity index is 2020. The van der Waals surface area contributed by atoms with Crippen molar-refractivity contribution in [3.63, 3.8) is 0 Å². The molecule has 0 aliphatic rings. The molecule has 49 heavy (non-hydrogen) atoms. The van der Waals surface area contributed by atoms with E-state index in [9.17, 15) is 19.5 Å². The van der Waals surface area contributed by atoms with Crippen LogP contribution in [0.15, 0.2) is 107 Å². The summed E-state index contributed by atoms with van der Waals surface area (Å²) in [6.07, 6.45) is 2.00. The highest BCUT2D eigenvalue weighted by molar-refractivity contribution is 8.00. The molecule has 4 N–H and O–H groups in total. The van der Waals surface area contributed by atoms with Gasteiger partial charge in [-0.3, -0.25) is 14.4 Å². The topological polar surface area (TPSA) is 130 Å². The van der Waals surface area contributed by atoms with Crippen LogP contribution in [0, 0.1) is 0 Å². The number of thioether (sulfide) groups is 1. The number of thiazole rings is 1. The number of rotatable bonds is 12. The predicted octanol–water partition coefficient (Wildman–Crippen LogP) is 8.75. The number of hydrogen-bond donors (Lipinski definition) is 4. The molecule has 1 aromatic heterocycles. The molecule has 0 saturated carbocycles. The van der Waals surface area contributed by atoms with Crippen molar-refractivity contribution in [3.05, 3.63) is 123 Å². The van der Waals surface area contributed by atoms with Crippen molar-refractivity contribution >= 4 is 80.9 Å². The van der Waals surface area contributed by atoms with Crippen LogP contribution >= 0.6 is 46.3 Å². The van der Waals surface area contributed by atoms with Crippen LogP contribution in [0.1, 0.15) is 29.3 Å². The van der Waals surface area contributed by atoms with Gasteiger partial charge < -0.3 is 25.8 Å². The van der Waals surface area contributed by atoms with Crippen molar-refractivity contribution in [2.75, 3.05) is 17.7 Å².